The first-order valence-electron chi connectivity index (χ1n) is 6.85. The molecule has 0 aliphatic carbocycles. The smallest absolute Gasteiger partial charge is 0.0459 e. The minimum absolute atomic E-state index is 0.532. The lowest BCUT2D eigenvalue weighted by Gasteiger charge is -2.31. The van der Waals surface area contributed by atoms with Crippen molar-refractivity contribution in [3.63, 3.8) is 0 Å². The molecule has 1 heterocycles. The van der Waals surface area contributed by atoms with Gasteiger partial charge in [-0.1, -0.05) is 17.7 Å². The molecule has 1 aliphatic heterocycles. The van der Waals surface area contributed by atoms with E-state index >= 15 is 0 Å². The lowest BCUT2D eigenvalue weighted by atomic mass is 10.1. The van der Waals surface area contributed by atoms with Crippen LogP contribution < -0.4 is 10.2 Å². The molecule has 2 nitrogen and oxygen atoms in total. The number of rotatable bonds is 5. The second-order valence-corrected chi connectivity index (χ2v) is 5.75. The van der Waals surface area contributed by atoms with Crippen molar-refractivity contribution >= 4 is 17.3 Å². The molecule has 1 aliphatic rings. The van der Waals surface area contributed by atoms with E-state index in [2.05, 4.69) is 36.2 Å². The molecule has 0 aromatic heterocycles. The molecule has 2 rings (SSSR count). The van der Waals surface area contributed by atoms with E-state index in [0.29, 0.717) is 12.1 Å². The fourth-order valence-electron chi connectivity index (χ4n) is 2.98. The molecule has 1 N–H and O–H groups in total. The third-order valence-corrected chi connectivity index (χ3v) is 4.08. The maximum absolute atomic E-state index is 6.33. The molecule has 1 unspecified atom stereocenters. The lowest BCUT2D eigenvalue weighted by Crippen LogP contribution is -2.38. The van der Waals surface area contributed by atoms with Crippen LogP contribution in [0, 0.1) is 0 Å². The Morgan fingerprint density at radius 3 is 2.89 bits per heavy atom. The van der Waals surface area contributed by atoms with Crippen LogP contribution in [0.15, 0.2) is 18.2 Å². The standard InChI is InChI=1S/C15H23ClN2/c1-11(2)18-12(6-5-9-17-3)10-13-14(16)7-4-8-15(13)18/h4,7-8,11-12,17H,5-6,9-10H2,1-3H3. The second kappa shape index (κ2) is 5.94. The highest BCUT2D eigenvalue weighted by Crippen LogP contribution is 2.39. The zero-order chi connectivity index (χ0) is 13.1. The fraction of sp³-hybridized carbons (Fsp3) is 0.600. The Morgan fingerprint density at radius 2 is 2.22 bits per heavy atom. The number of nitrogens with zero attached hydrogens (tertiary/aromatic N) is 1. The van der Waals surface area contributed by atoms with E-state index in [1.165, 1.54) is 24.1 Å². The first-order chi connectivity index (χ1) is 8.65. The summed E-state index contributed by atoms with van der Waals surface area (Å²) in [5, 5.41) is 4.15. The highest BCUT2D eigenvalue weighted by Gasteiger charge is 2.31. The average Bonchev–Trinajstić information content (AvgIpc) is 2.69. The lowest BCUT2D eigenvalue weighted by molar-refractivity contribution is 0.513. The molecule has 0 radical (unpaired) electrons. The van der Waals surface area contributed by atoms with Crippen molar-refractivity contribution in [2.24, 2.45) is 0 Å². The van der Waals surface area contributed by atoms with Crippen LogP contribution in [0.3, 0.4) is 0 Å². The van der Waals surface area contributed by atoms with Crippen molar-refractivity contribution in [3.8, 4) is 0 Å². The van der Waals surface area contributed by atoms with E-state index in [0.717, 1.165) is 18.0 Å². The Hall–Kier alpha value is -0.730. The topological polar surface area (TPSA) is 15.3 Å². The zero-order valence-electron chi connectivity index (χ0n) is 11.5. The Kier molecular flexibility index (Phi) is 4.52. The number of anilines is 1. The maximum Gasteiger partial charge on any atom is 0.0459 e. The number of nitrogens with one attached hydrogen (secondary N) is 1. The molecule has 3 heteroatoms. The molecule has 1 aromatic rings. The monoisotopic (exact) mass is 266 g/mol. The third kappa shape index (κ3) is 2.65. The third-order valence-electron chi connectivity index (χ3n) is 3.73. The molecule has 0 saturated heterocycles. The van der Waals surface area contributed by atoms with Crippen LogP contribution in [0.2, 0.25) is 5.02 Å². The molecular weight excluding hydrogens is 244 g/mol. The van der Waals surface area contributed by atoms with E-state index in [1.54, 1.807) is 0 Å². The molecule has 1 aromatic carbocycles. The Morgan fingerprint density at radius 1 is 1.44 bits per heavy atom. The van der Waals surface area contributed by atoms with Gasteiger partial charge in [0.05, 0.1) is 0 Å². The molecule has 18 heavy (non-hydrogen) atoms. The highest BCUT2D eigenvalue weighted by molar-refractivity contribution is 6.31. The van der Waals surface area contributed by atoms with E-state index in [9.17, 15) is 0 Å². The van der Waals surface area contributed by atoms with Crippen molar-refractivity contribution in [3.05, 3.63) is 28.8 Å². The van der Waals surface area contributed by atoms with Crippen LogP contribution in [-0.2, 0) is 6.42 Å². The van der Waals surface area contributed by atoms with Gasteiger partial charge in [0.15, 0.2) is 0 Å². The van der Waals surface area contributed by atoms with Gasteiger partial charge in [-0.15, -0.1) is 0 Å². The summed E-state index contributed by atoms with van der Waals surface area (Å²) in [7, 11) is 2.01. The largest absolute Gasteiger partial charge is 0.366 e. The summed E-state index contributed by atoms with van der Waals surface area (Å²) in [6.45, 7) is 5.62. The minimum atomic E-state index is 0.532. The predicted molar refractivity (Wildman–Crippen MR) is 79.7 cm³/mol. The molecule has 0 fully saturated rings. The predicted octanol–water partition coefficient (Wildman–Crippen LogP) is 3.48. The van der Waals surface area contributed by atoms with E-state index < -0.39 is 0 Å². The summed E-state index contributed by atoms with van der Waals surface area (Å²) in [5.74, 6) is 0. The van der Waals surface area contributed by atoms with Gasteiger partial charge in [0, 0.05) is 22.8 Å². The summed E-state index contributed by atoms with van der Waals surface area (Å²) in [4.78, 5) is 2.54. The van der Waals surface area contributed by atoms with Crippen LogP contribution in [0.1, 0.15) is 32.3 Å². The van der Waals surface area contributed by atoms with Crippen molar-refractivity contribution in [2.45, 2.75) is 45.2 Å². The van der Waals surface area contributed by atoms with E-state index in [-0.39, 0.29) is 0 Å². The minimum Gasteiger partial charge on any atom is -0.366 e. The summed E-state index contributed by atoms with van der Waals surface area (Å²) < 4.78 is 0. The van der Waals surface area contributed by atoms with Crippen LogP contribution in [-0.4, -0.2) is 25.7 Å². The number of halogens is 1. The normalized spacial score (nSPS) is 18.5. The van der Waals surface area contributed by atoms with Crippen molar-refractivity contribution in [1.29, 1.82) is 0 Å². The van der Waals surface area contributed by atoms with Crippen molar-refractivity contribution < 1.29 is 0 Å². The van der Waals surface area contributed by atoms with Gasteiger partial charge in [0.25, 0.3) is 0 Å². The second-order valence-electron chi connectivity index (χ2n) is 5.34. The Bertz CT molecular complexity index is 403. The Balaban J connectivity index is 2.18. The first kappa shape index (κ1) is 13.7. The number of hydrogen-bond acceptors (Lipinski definition) is 2. The van der Waals surface area contributed by atoms with Gasteiger partial charge in [-0.25, -0.2) is 0 Å². The van der Waals surface area contributed by atoms with Crippen molar-refractivity contribution in [2.75, 3.05) is 18.5 Å². The quantitative estimate of drug-likeness (QED) is 0.821. The van der Waals surface area contributed by atoms with Crippen molar-refractivity contribution in [1.82, 2.24) is 5.32 Å². The Labute approximate surface area is 115 Å². The summed E-state index contributed by atoms with van der Waals surface area (Å²) >= 11 is 6.33. The summed E-state index contributed by atoms with van der Waals surface area (Å²) in [6, 6.07) is 7.42. The number of benzene rings is 1. The molecule has 100 valence electrons. The number of fused-ring (bicyclic) bond motifs is 1. The van der Waals surface area contributed by atoms with Crippen LogP contribution in [0.25, 0.3) is 0 Å². The van der Waals surface area contributed by atoms with Gasteiger partial charge in [-0.2, -0.15) is 0 Å². The van der Waals surface area contributed by atoms with Gasteiger partial charge in [0.2, 0.25) is 0 Å². The first-order valence-corrected chi connectivity index (χ1v) is 7.23. The molecule has 0 saturated carbocycles. The van der Waals surface area contributed by atoms with Gasteiger partial charge < -0.3 is 10.2 Å². The molecule has 0 amide bonds. The molecule has 1 atom stereocenters. The van der Waals surface area contributed by atoms with E-state index in [4.69, 9.17) is 11.6 Å². The van der Waals surface area contributed by atoms with E-state index in [1.807, 2.05) is 13.1 Å². The summed E-state index contributed by atoms with van der Waals surface area (Å²) in [6.07, 6.45) is 3.54. The molecule has 0 spiro atoms. The number of hydrogen-bond donors (Lipinski definition) is 1. The fourth-order valence-corrected chi connectivity index (χ4v) is 3.22. The van der Waals surface area contributed by atoms with Gasteiger partial charge >= 0.3 is 0 Å². The summed E-state index contributed by atoms with van der Waals surface area (Å²) in [5.41, 5.74) is 2.68. The van der Waals surface area contributed by atoms with Crippen LogP contribution >= 0.6 is 11.6 Å². The average molecular weight is 267 g/mol. The highest BCUT2D eigenvalue weighted by atomic mass is 35.5. The SMILES string of the molecule is CNCCCC1Cc2c(Cl)cccc2N1C(C)C. The van der Waals surface area contributed by atoms with Crippen LogP contribution in [0.5, 0.6) is 0 Å². The van der Waals surface area contributed by atoms with Crippen LogP contribution in [0.4, 0.5) is 5.69 Å². The van der Waals surface area contributed by atoms with Gasteiger partial charge in [-0.3, -0.25) is 0 Å². The molecule has 0 bridgehead atoms. The van der Waals surface area contributed by atoms with Gasteiger partial charge in [0.1, 0.15) is 0 Å². The molecular formula is C15H23ClN2. The zero-order valence-corrected chi connectivity index (χ0v) is 12.3. The van der Waals surface area contributed by atoms with Gasteiger partial charge in [-0.05, 0) is 64.4 Å². The maximum atomic E-state index is 6.33.